The van der Waals surface area contributed by atoms with Gasteiger partial charge in [-0.3, -0.25) is 4.79 Å². The number of amides is 1. The van der Waals surface area contributed by atoms with Gasteiger partial charge in [0.2, 0.25) is 5.91 Å². The van der Waals surface area contributed by atoms with Crippen LogP contribution in [0.2, 0.25) is 0 Å². The van der Waals surface area contributed by atoms with E-state index in [0.717, 1.165) is 37.3 Å². The maximum Gasteiger partial charge on any atom is 0.222 e. The van der Waals surface area contributed by atoms with Crippen molar-refractivity contribution in [3.8, 4) is 0 Å². The van der Waals surface area contributed by atoms with Gasteiger partial charge in [0, 0.05) is 19.5 Å². The molecule has 0 aliphatic carbocycles. The predicted octanol–water partition coefficient (Wildman–Crippen LogP) is 3.13. The molecule has 1 aromatic carbocycles. The van der Waals surface area contributed by atoms with E-state index in [1.165, 1.54) is 5.52 Å². The third-order valence-corrected chi connectivity index (χ3v) is 4.17. The average molecular weight is 271 g/mol. The fourth-order valence-corrected chi connectivity index (χ4v) is 3.22. The first-order chi connectivity index (χ1) is 9.76. The highest BCUT2D eigenvalue weighted by molar-refractivity contribution is 5.78. The molecule has 2 heterocycles. The second kappa shape index (κ2) is 5.27. The standard InChI is InChI=1S/C16H21N3O/c1-3-15(20)19-11-7-10-14(19)16-17-12-8-5-6-9-13(12)18(16)4-2/h5-6,8-9,14H,3-4,7,10-11H2,1-2H3. The number of fused-ring (bicyclic) bond motifs is 1. The van der Waals surface area contributed by atoms with Crippen LogP contribution in [0.4, 0.5) is 0 Å². The van der Waals surface area contributed by atoms with E-state index in [4.69, 9.17) is 4.98 Å². The molecule has 0 N–H and O–H groups in total. The maximum atomic E-state index is 12.1. The number of imidazole rings is 1. The highest BCUT2D eigenvalue weighted by Gasteiger charge is 2.32. The molecule has 3 rings (SSSR count). The van der Waals surface area contributed by atoms with E-state index in [9.17, 15) is 4.79 Å². The van der Waals surface area contributed by atoms with Crippen molar-refractivity contribution in [3.63, 3.8) is 0 Å². The number of aryl methyl sites for hydroxylation is 1. The number of hydrogen-bond donors (Lipinski definition) is 0. The van der Waals surface area contributed by atoms with Gasteiger partial charge in [-0.25, -0.2) is 4.98 Å². The minimum absolute atomic E-state index is 0.148. The minimum Gasteiger partial charge on any atom is -0.333 e. The third-order valence-electron chi connectivity index (χ3n) is 4.17. The first-order valence-corrected chi connectivity index (χ1v) is 7.50. The Morgan fingerprint density at radius 2 is 2.15 bits per heavy atom. The Kier molecular flexibility index (Phi) is 3.47. The Morgan fingerprint density at radius 3 is 2.90 bits per heavy atom. The summed E-state index contributed by atoms with van der Waals surface area (Å²) in [5, 5.41) is 0. The summed E-state index contributed by atoms with van der Waals surface area (Å²) >= 11 is 0. The van der Waals surface area contributed by atoms with Gasteiger partial charge in [0.1, 0.15) is 5.82 Å². The van der Waals surface area contributed by atoms with E-state index in [-0.39, 0.29) is 11.9 Å². The number of carbonyl (C=O) groups excluding carboxylic acids is 1. The molecule has 4 heteroatoms. The molecule has 1 aliphatic heterocycles. The lowest BCUT2D eigenvalue weighted by atomic mass is 10.2. The van der Waals surface area contributed by atoms with Crippen LogP contribution < -0.4 is 0 Å². The third kappa shape index (κ3) is 1.99. The predicted molar refractivity (Wildman–Crippen MR) is 79.4 cm³/mol. The Hall–Kier alpha value is -1.84. The summed E-state index contributed by atoms with van der Waals surface area (Å²) in [7, 11) is 0. The van der Waals surface area contributed by atoms with Gasteiger partial charge in [0.25, 0.3) is 0 Å². The van der Waals surface area contributed by atoms with Crippen molar-refractivity contribution in [3.05, 3.63) is 30.1 Å². The molecule has 1 aromatic heterocycles. The number of carbonyl (C=O) groups is 1. The molecule has 0 saturated carbocycles. The van der Waals surface area contributed by atoms with E-state index in [1.54, 1.807) is 0 Å². The van der Waals surface area contributed by atoms with Crippen LogP contribution in [0.5, 0.6) is 0 Å². The van der Waals surface area contributed by atoms with Crippen molar-refractivity contribution in [1.82, 2.24) is 14.5 Å². The quantitative estimate of drug-likeness (QED) is 0.860. The van der Waals surface area contributed by atoms with Gasteiger partial charge < -0.3 is 9.47 Å². The number of aromatic nitrogens is 2. The number of para-hydroxylation sites is 2. The molecule has 0 radical (unpaired) electrons. The summed E-state index contributed by atoms with van der Waals surface area (Å²) in [5.74, 6) is 1.29. The van der Waals surface area contributed by atoms with Crippen LogP contribution >= 0.6 is 0 Å². The Morgan fingerprint density at radius 1 is 1.35 bits per heavy atom. The van der Waals surface area contributed by atoms with Crippen molar-refractivity contribution >= 4 is 16.9 Å². The lowest BCUT2D eigenvalue weighted by molar-refractivity contribution is -0.131. The average Bonchev–Trinajstić information content (AvgIpc) is 3.09. The zero-order chi connectivity index (χ0) is 14.1. The first-order valence-electron chi connectivity index (χ1n) is 7.50. The van der Waals surface area contributed by atoms with Crippen LogP contribution in [0.3, 0.4) is 0 Å². The van der Waals surface area contributed by atoms with Crippen LogP contribution in [-0.4, -0.2) is 26.9 Å². The smallest absolute Gasteiger partial charge is 0.222 e. The summed E-state index contributed by atoms with van der Waals surface area (Å²) in [5.41, 5.74) is 2.20. The molecule has 1 amide bonds. The van der Waals surface area contributed by atoms with Crippen molar-refractivity contribution in [2.75, 3.05) is 6.54 Å². The maximum absolute atomic E-state index is 12.1. The number of nitrogens with zero attached hydrogens (tertiary/aromatic N) is 3. The Labute approximate surface area is 119 Å². The molecular weight excluding hydrogens is 250 g/mol. The number of rotatable bonds is 3. The topological polar surface area (TPSA) is 38.1 Å². The zero-order valence-corrected chi connectivity index (χ0v) is 12.2. The molecular formula is C16H21N3O. The lowest BCUT2D eigenvalue weighted by Crippen LogP contribution is -2.31. The highest BCUT2D eigenvalue weighted by atomic mass is 16.2. The lowest BCUT2D eigenvalue weighted by Gasteiger charge is -2.24. The number of benzene rings is 1. The molecule has 106 valence electrons. The molecule has 1 atom stereocenters. The van der Waals surface area contributed by atoms with Crippen molar-refractivity contribution in [1.29, 1.82) is 0 Å². The molecule has 0 spiro atoms. The van der Waals surface area contributed by atoms with Gasteiger partial charge >= 0.3 is 0 Å². The Bertz CT molecular complexity index is 632. The fourth-order valence-electron chi connectivity index (χ4n) is 3.22. The van der Waals surface area contributed by atoms with E-state index >= 15 is 0 Å². The molecule has 4 nitrogen and oxygen atoms in total. The van der Waals surface area contributed by atoms with Gasteiger partial charge in [-0.2, -0.15) is 0 Å². The Balaban J connectivity index is 2.07. The summed E-state index contributed by atoms with van der Waals surface area (Å²) in [6, 6.07) is 8.36. The molecule has 1 unspecified atom stereocenters. The SMILES string of the molecule is CCC(=O)N1CCCC1c1nc2ccccc2n1CC. The van der Waals surface area contributed by atoms with E-state index in [0.29, 0.717) is 6.42 Å². The van der Waals surface area contributed by atoms with Crippen LogP contribution in [0, 0.1) is 0 Å². The van der Waals surface area contributed by atoms with Gasteiger partial charge in [-0.15, -0.1) is 0 Å². The van der Waals surface area contributed by atoms with Crippen LogP contribution in [0.15, 0.2) is 24.3 Å². The van der Waals surface area contributed by atoms with E-state index in [2.05, 4.69) is 17.6 Å². The first kappa shape index (κ1) is 13.2. The largest absolute Gasteiger partial charge is 0.333 e. The normalized spacial score (nSPS) is 18.9. The van der Waals surface area contributed by atoms with E-state index < -0.39 is 0 Å². The van der Waals surface area contributed by atoms with Gasteiger partial charge in [0.05, 0.1) is 17.1 Å². The van der Waals surface area contributed by atoms with Crippen molar-refractivity contribution in [2.45, 2.75) is 45.7 Å². The molecule has 20 heavy (non-hydrogen) atoms. The van der Waals surface area contributed by atoms with Gasteiger partial charge in [0.15, 0.2) is 0 Å². The fraction of sp³-hybridized carbons (Fsp3) is 0.500. The van der Waals surface area contributed by atoms with Crippen LogP contribution in [0.1, 0.15) is 45.0 Å². The molecule has 1 saturated heterocycles. The highest BCUT2D eigenvalue weighted by Crippen LogP contribution is 2.33. The molecule has 1 fully saturated rings. The molecule has 1 aliphatic rings. The minimum atomic E-state index is 0.148. The summed E-state index contributed by atoms with van der Waals surface area (Å²) in [6.45, 7) is 5.82. The zero-order valence-electron chi connectivity index (χ0n) is 12.2. The summed E-state index contributed by atoms with van der Waals surface area (Å²) in [6.07, 6.45) is 2.67. The summed E-state index contributed by atoms with van der Waals surface area (Å²) in [4.78, 5) is 18.9. The van der Waals surface area contributed by atoms with Crippen molar-refractivity contribution < 1.29 is 4.79 Å². The second-order valence-corrected chi connectivity index (χ2v) is 5.30. The number of hydrogen-bond acceptors (Lipinski definition) is 2. The van der Waals surface area contributed by atoms with Gasteiger partial charge in [-0.05, 0) is 31.9 Å². The van der Waals surface area contributed by atoms with Gasteiger partial charge in [-0.1, -0.05) is 19.1 Å². The van der Waals surface area contributed by atoms with E-state index in [1.807, 2.05) is 30.0 Å². The number of likely N-dealkylation sites (tertiary alicyclic amines) is 1. The van der Waals surface area contributed by atoms with Crippen molar-refractivity contribution in [2.24, 2.45) is 0 Å². The second-order valence-electron chi connectivity index (χ2n) is 5.30. The monoisotopic (exact) mass is 271 g/mol. The van der Waals surface area contributed by atoms with Crippen LogP contribution in [0.25, 0.3) is 11.0 Å². The van der Waals surface area contributed by atoms with Crippen LogP contribution in [-0.2, 0) is 11.3 Å². The molecule has 2 aromatic rings. The molecule has 0 bridgehead atoms. The summed E-state index contributed by atoms with van der Waals surface area (Å²) < 4.78 is 2.25.